The number of halogens is 1. The van der Waals surface area contributed by atoms with Gasteiger partial charge in [0.1, 0.15) is 36.0 Å². The van der Waals surface area contributed by atoms with E-state index >= 15 is 0 Å². The standard InChI is InChI=1S/C32H29BrN4O8/c1-2-42-32(39)27(17-38)34-16-23-14-28(37(40)41)30(15-29(23)43-18-20-11-12-25-26(13-20)36-45-35-25)44-19-22-9-6-10-24(31(22)33)21-7-4-3-5-8-21/h3-15,27,34,38H,2,16-19H2,1H3. The molecule has 5 rings (SSSR count). The number of rotatable bonds is 14. The van der Waals surface area contributed by atoms with E-state index in [4.69, 9.17) is 18.8 Å². The van der Waals surface area contributed by atoms with Crippen LogP contribution < -0.4 is 14.8 Å². The van der Waals surface area contributed by atoms with Crippen molar-refractivity contribution >= 4 is 38.6 Å². The molecule has 4 aromatic carbocycles. The first-order valence-electron chi connectivity index (χ1n) is 14.0. The topological polar surface area (TPSA) is 159 Å². The number of hydrogen-bond acceptors (Lipinski definition) is 11. The van der Waals surface area contributed by atoms with Crippen molar-refractivity contribution in [2.24, 2.45) is 0 Å². The van der Waals surface area contributed by atoms with E-state index in [1.54, 1.807) is 25.1 Å². The Kier molecular flexibility index (Phi) is 10.3. The fourth-order valence-corrected chi connectivity index (χ4v) is 5.20. The van der Waals surface area contributed by atoms with Crippen molar-refractivity contribution in [2.75, 3.05) is 13.2 Å². The van der Waals surface area contributed by atoms with Gasteiger partial charge in [0.05, 0.1) is 18.1 Å². The van der Waals surface area contributed by atoms with Crippen LogP contribution in [0.5, 0.6) is 11.5 Å². The molecule has 0 amide bonds. The zero-order valence-electron chi connectivity index (χ0n) is 24.1. The van der Waals surface area contributed by atoms with Crippen molar-refractivity contribution in [3.8, 4) is 22.6 Å². The summed E-state index contributed by atoms with van der Waals surface area (Å²) in [5, 5.41) is 32.5. The van der Waals surface area contributed by atoms with Crippen molar-refractivity contribution < 1.29 is 33.7 Å². The molecule has 5 aromatic rings. The van der Waals surface area contributed by atoms with Gasteiger partial charge in [-0.2, -0.15) is 0 Å². The molecule has 0 aliphatic heterocycles. The Morgan fingerprint density at radius 2 is 1.76 bits per heavy atom. The van der Waals surface area contributed by atoms with Crippen LogP contribution in [0.25, 0.3) is 22.2 Å². The average Bonchev–Trinajstić information content (AvgIpc) is 3.52. The first kappa shape index (κ1) is 31.6. The predicted molar refractivity (Wildman–Crippen MR) is 167 cm³/mol. The van der Waals surface area contributed by atoms with E-state index in [0.29, 0.717) is 16.6 Å². The van der Waals surface area contributed by atoms with Crippen molar-refractivity contribution in [3.05, 3.63) is 110 Å². The van der Waals surface area contributed by atoms with Crippen LogP contribution in [0.15, 0.2) is 88.0 Å². The van der Waals surface area contributed by atoms with Gasteiger partial charge in [-0.3, -0.25) is 20.2 Å². The number of nitro benzene ring substituents is 1. The predicted octanol–water partition coefficient (Wildman–Crippen LogP) is 5.73. The van der Waals surface area contributed by atoms with Crippen molar-refractivity contribution in [1.82, 2.24) is 15.6 Å². The van der Waals surface area contributed by atoms with Gasteiger partial charge in [0, 0.05) is 34.3 Å². The highest BCUT2D eigenvalue weighted by Gasteiger charge is 2.24. The molecule has 1 aromatic heterocycles. The Bertz CT molecular complexity index is 1800. The lowest BCUT2D eigenvalue weighted by Gasteiger charge is -2.18. The highest BCUT2D eigenvalue weighted by molar-refractivity contribution is 9.10. The average molecular weight is 678 g/mol. The number of carbonyl (C=O) groups excluding carboxylic acids is 1. The van der Waals surface area contributed by atoms with Crippen molar-refractivity contribution in [1.29, 1.82) is 0 Å². The summed E-state index contributed by atoms with van der Waals surface area (Å²) in [4.78, 5) is 23.9. The number of aromatic nitrogens is 2. The van der Waals surface area contributed by atoms with Gasteiger partial charge in [-0.25, -0.2) is 4.63 Å². The molecule has 1 atom stereocenters. The van der Waals surface area contributed by atoms with Gasteiger partial charge >= 0.3 is 11.7 Å². The Labute approximate surface area is 266 Å². The van der Waals surface area contributed by atoms with Crippen molar-refractivity contribution in [3.63, 3.8) is 0 Å². The second-order valence-corrected chi connectivity index (χ2v) is 10.7. The van der Waals surface area contributed by atoms with Crippen LogP contribution in [0.1, 0.15) is 23.6 Å². The summed E-state index contributed by atoms with van der Waals surface area (Å²) in [6, 6.07) is 22.6. The van der Waals surface area contributed by atoms with Gasteiger partial charge in [-0.05, 0) is 62.0 Å². The van der Waals surface area contributed by atoms with Crippen LogP contribution in [0, 0.1) is 10.1 Å². The number of aliphatic hydroxyl groups is 1. The molecule has 13 heteroatoms. The van der Waals surface area contributed by atoms with Gasteiger partial charge in [-0.15, -0.1) is 0 Å². The Morgan fingerprint density at radius 3 is 2.51 bits per heavy atom. The second kappa shape index (κ2) is 14.8. The zero-order valence-corrected chi connectivity index (χ0v) is 25.7. The molecule has 2 N–H and O–H groups in total. The normalized spacial score (nSPS) is 11.7. The second-order valence-electron chi connectivity index (χ2n) is 9.86. The number of nitrogens with one attached hydrogen (secondary N) is 1. The summed E-state index contributed by atoms with van der Waals surface area (Å²) in [5.74, 6) is -0.370. The maximum atomic E-state index is 12.2. The van der Waals surface area contributed by atoms with E-state index in [2.05, 4.69) is 31.6 Å². The van der Waals surface area contributed by atoms with Gasteiger partial charge in [0.25, 0.3) is 0 Å². The molecule has 1 unspecified atom stereocenters. The first-order valence-corrected chi connectivity index (χ1v) is 14.8. The Balaban J connectivity index is 1.44. The van der Waals surface area contributed by atoms with Gasteiger partial charge in [0.15, 0.2) is 0 Å². The molecule has 0 bridgehead atoms. The Morgan fingerprint density at radius 1 is 0.978 bits per heavy atom. The quantitative estimate of drug-likeness (QED) is 0.0840. The summed E-state index contributed by atoms with van der Waals surface area (Å²) in [6.07, 6.45) is 0. The molecule has 0 saturated carbocycles. The summed E-state index contributed by atoms with van der Waals surface area (Å²) < 4.78 is 22.8. The third kappa shape index (κ3) is 7.63. The molecule has 0 spiro atoms. The molecular weight excluding hydrogens is 648 g/mol. The smallest absolute Gasteiger partial charge is 0.325 e. The zero-order chi connectivity index (χ0) is 31.8. The largest absolute Gasteiger partial charge is 0.488 e. The minimum absolute atomic E-state index is 0.00369. The fourth-order valence-electron chi connectivity index (χ4n) is 4.59. The molecular formula is C32H29BrN4O8. The fraction of sp³-hybridized carbons (Fsp3) is 0.219. The summed E-state index contributed by atoms with van der Waals surface area (Å²) in [6.45, 7) is 1.34. The summed E-state index contributed by atoms with van der Waals surface area (Å²) >= 11 is 3.67. The number of benzene rings is 4. The molecule has 1 heterocycles. The lowest BCUT2D eigenvalue weighted by molar-refractivity contribution is -0.386. The van der Waals surface area contributed by atoms with Crippen LogP contribution in [-0.4, -0.2) is 45.6 Å². The summed E-state index contributed by atoms with van der Waals surface area (Å²) in [5.41, 5.74) is 4.71. The van der Waals surface area contributed by atoms with Crippen LogP contribution in [0.4, 0.5) is 5.69 Å². The van der Waals surface area contributed by atoms with Crippen LogP contribution in [0.2, 0.25) is 0 Å². The number of nitrogens with zero attached hydrogens (tertiary/aromatic N) is 3. The number of carbonyl (C=O) groups is 1. The number of nitro groups is 1. The lowest BCUT2D eigenvalue weighted by atomic mass is 10.0. The maximum Gasteiger partial charge on any atom is 0.325 e. The highest BCUT2D eigenvalue weighted by atomic mass is 79.9. The number of hydrogen-bond donors (Lipinski definition) is 2. The molecule has 0 aliphatic rings. The van der Waals surface area contributed by atoms with Crippen molar-refractivity contribution in [2.45, 2.75) is 32.7 Å². The molecule has 12 nitrogen and oxygen atoms in total. The van der Waals surface area contributed by atoms with E-state index in [-0.39, 0.29) is 43.6 Å². The van der Waals surface area contributed by atoms with Crippen LogP contribution in [-0.2, 0) is 29.3 Å². The number of aliphatic hydroxyl groups excluding tert-OH is 1. The minimum Gasteiger partial charge on any atom is -0.488 e. The molecule has 0 radical (unpaired) electrons. The molecule has 0 fully saturated rings. The lowest BCUT2D eigenvalue weighted by Crippen LogP contribution is -2.40. The van der Waals surface area contributed by atoms with E-state index in [9.17, 15) is 20.0 Å². The third-order valence-electron chi connectivity index (χ3n) is 6.89. The number of esters is 1. The summed E-state index contributed by atoms with van der Waals surface area (Å²) in [7, 11) is 0. The monoisotopic (exact) mass is 676 g/mol. The van der Waals surface area contributed by atoms with Gasteiger partial charge in [-0.1, -0.05) is 54.6 Å². The molecule has 45 heavy (non-hydrogen) atoms. The van der Waals surface area contributed by atoms with Gasteiger partial charge in [0.2, 0.25) is 5.75 Å². The first-order chi connectivity index (χ1) is 21.9. The van der Waals surface area contributed by atoms with Crippen LogP contribution >= 0.6 is 15.9 Å². The highest BCUT2D eigenvalue weighted by Crippen LogP contribution is 2.37. The molecule has 0 aliphatic carbocycles. The van der Waals surface area contributed by atoms with E-state index in [0.717, 1.165) is 26.7 Å². The number of ether oxygens (including phenoxy) is 3. The third-order valence-corrected chi connectivity index (χ3v) is 7.83. The number of fused-ring (bicyclic) bond motifs is 1. The van der Waals surface area contributed by atoms with E-state index in [1.807, 2.05) is 48.5 Å². The minimum atomic E-state index is -1.04. The van der Waals surface area contributed by atoms with E-state index in [1.165, 1.54) is 12.1 Å². The maximum absolute atomic E-state index is 12.2. The molecule has 0 saturated heterocycles. The van der Waals surface area contributed by atoms with Crippen LogP contribution in [0.3, 0.4) is 0 Å². The molecule has 232 valence electrons. The van der Waals surface area contributed by atoms with E-state index < -0.39 is 23.5 Å². The SMILES string of the molecule is CCOC(=O)C(CO)NCc1cc([N+](=O)[O-])c(OCc2cccc(-c3ccccc3)c2Br)cc1OCc1ccc2nonc2c1. The van der Waals surface area contributed by atoms with Gasteiger partial charge < -0.3 is 19.3 Å². The Hall–Kier alpha value is -4.85.